The van der Waals surface area contributed by atoms with Crippen LogP contribution in [0.2, 0.25) is 0 Å². The molecule has 0 aliphatic carbocycles. The molecular formula is C25H25NO3. The van der Waals surface area contributed by atoms with Crippen molar-refractivity contribution in [2.24, 2.45) is 0 Å². The number of pyridine rings is 1. The van der Waals surface area contributed by atoms with Gasteiger partial charge in [0, 0.05) is 17.3 Å². The van der Waals surface area contributed by atoms with Crippen molar-refractivity contribution >= 4 is 11.8 Å². The summed E-state index contributed by atoms with van der Waals surface area (Å²) in [5.74, 6) is -0.0585. The molecule has 0 radical (unpaired) electrons. The van der Waals surface area contributed by atoms with Crippen molar-refractivity contribution in [3.8, 4) is 17.0 Å². The van der Waals surface area contributed by atoms with Crippen molar-refractivity contribution in [3.05, 3.63) is 83.6 Å². The van der Waals surface area contributed by atoms with Crippen LogP contribution in [-0.4, -0.2) is 16.7 Å². The number of aryl methyl sites for hydroxylation is 1. The normalized spacial score (nSPS) is 10.6. The van der Waals surface area contributed by atoms with Gasteiger partial charge in [0.2, 0.25) is 0 Å². The van der Waals surface area contributed by atoms with Crippen LogP contribution in [0.4, 0.5) is 0 Å². The number of carbonyl (C=O) groups is 2. The lowest BCUT2D eigenvalue weighted by Crippen LogP contribution is -2.08. The molecule has 4 heteroatoms. The van der Waals surface area contributed by atoms with Gasteiger partial charge >= 0.3 is 5.97 Å². The monoisotopic (exact) mass is 387 g/mol. The number of benzene rings is 2. The number of unbranched alkanes of at least 4 members (excludes halogenated alkanes) is 2. The quantitative estimate of drug-likeness (QED) is 0.209. The highest BCUT2D eigenvalue weighted by atomic mass is 16.5. The van der Waals surface area contributed by atoms with Crippen LogP contribution in [-0.2, 0) is 6.42 Å². The Kier molecular flexibility index (Phi) is 6.90. The van der Waals surface area contributed by atoms with Gasteiger partial charge in [-0.3, -0.25) is 9.78 Å². The molecule has 0 spiro atoms. The third-order valence-corrected chi connectivity index (χ3v) is 4.78. The summed E-state index contributed by atoms with van der Waals surface area (Å²) in [5, 5.41) is 0. The van der Waals surface area contributed by atoms with E-state index in [0.717, 1.165) is 17.7 Å². The van der Waals surface area contributed by atoms with Gasteiger partial charge in [0.1, 0.15) is 5.75 Å². The molecule has 0 N–H and O–H groups in total. The van der Waals surface area contributed by atoms with Crippen molar-refractivity contribution < 1.29 is 14.3 Å². The second-order valence-electron chi connectivity index (χ2n) is 7.06. The lowest BCUT2D eigenvalue weighted by atomic mass is 10.1. The number of Topliss-reactive ketones (excluding diaryl/α,β-unsaturated/α-hetero) is 1. The fourth-order valence-corrected chi connectivity index (χ4v) is 3.02. The number of ketones is 1. The lowest BCUT2D eigenvalue weighted by Gasteiger charge is -2.07. The van der Waals surface area contributed by atoms with E-state index in [9.17, 15) is 9.59 Å². The van der Waals surface area contributed by atoms with Crippen molar-refractivity contribution in [1.82, 2.24) is 4.98 Å². The van der Waals surface area contributed by atoms with Gasteiger partial charge in [0.05, 0.1) is 11.3 Å². The summed E-state index contributed by atoms with van der Waals surface area (Å²) >= 11 is 0. The van der Waals surface area contributed by atoms with E-state index < -0.39 is 5.97 Å². The molecule has 0 atom stereocenters. The maximum Gasteiger partial charge on any atom is 0.343 e. The fourth-order valence-electron chi connectivity index (χ4n) is 3.02. The number of esters is 1. The van der Waals surface area contributed by atoms with Crippen LogP contribution in [0.3, 0.4) is 0 Å². The third kappa shape index (κ3) is 5.61. The lowest BCUT2D eigenvalue weighted by molar-refractivity contribution is 0.0734. The van der Waals surface area contributed by atoms with Gasteiger partial charge < -0.3 is 4.74 Å². The molecule has 2 aromatic carbocycles. The van der Waals surface area contributed by atoms with Crippen molar-refractivity contribution in [3.63, 3.8) is 0 Å². The van der Waals surface area contributed by atoms with Crippen LogP contribution in [0.1, 0.15) is 59.4 Å². The second-order valence-corrected chi connectivity index (χ2v) is 7.06. The number of rotatable bonds is 8. The largest absolute Gasteiger partial charge is 0.423 e. The van der Waals surface area contributed by atoms with Gasteiger partial charge in [-0.15, -0.1) is 0 Å². The molecule has 3 aromatic rings. The van der Waals surface area contributed by atoms with E-state index in [1.807, 2.05) is 24.4 Å². The highest BCUT2D eigenvalue weighted by molar-refractivity contribution is 5.94. The van der Waals surface area contributed by atoms with Gasteiger partial charge in [0.15, 0.2) is 5.78 Å². The Balaban J connectivity index is 1.63. The Morgan fingerprint density at radius 2 is 1.55 bits per heavy atom. The van der Waals surface area contributed by atoms with E-state index in [1.165, 1.54) is 31.7 Å². The van der Waals surface area contributed by atoms with Crippen LogP contribution in [0, 0.1) is 0 Å². The highest BCUT2D eigenvalue weighted by Gasteiger charge is 2.10. The van der Waals surface area contributed by atoms with E-state index in [4.69, 9.17) is 4.74 Å². The summed E-state index contributed by atoms with van der Waals surface area (Å²) in [7, 11) is 0. The topological polar surface area (TPSA) is 56.3 Å². The number of ether oxygens (including phenoxy) is 1. The summed E-state index contributed by atoms with van der Waals surface area (Å²) in [6.45, 7) is 3.70. The number of aromatic nitrogens is 1. The number of carbonyl (C=O) groups excluding carboxylic acids is 2. The van der Waals surface area contributed by atoms with E-state index in [-0.39, 0.29) is 5.78 Å². The maximum atomic E-state index is 12.3. The van der Waals surface area contributed by atoms with E-state index in [0.29, 0.717) is 16.9 Å². The SMILES string of the molecule is CCCCCc1ccc(-c2ccc(C(=O)Oc3ccc(C(C)=O)cc3)cc2)nc1. The molecule has 0 saturated carbocycles. The van der Waals surface area contributed by atoms with Gasteiger partial charge in [0.25, 0.3) is 0 Å². The van der Waals surface area contributed by atoms with Gasteiger partial charge in [-0.1, -0.05) is 38.0 Å². The summed E-state index contributed by atoms with van der Waals surface area (Å²) in [4.78, 5) is 28.2. The van der Waals surface area contributed by atoms with E-state index >= 15 is 0 Å². The number of hydrogen-bond donors (Lipinski definition) is 0. The first-order valence-corrected chi connectivity index (χ1v) is 9.95. The van der Waals surface area contributed by atoms with Crippen molar-refractivity contribution in [2.45, 2.75) is 39.5 Å². The molecule has 0 saturated heterocycles. The van der Waals surface area contributed by atoms with E-state index in [1.54, 1.807) is 36.4 Å². The fraction of sp³-hybridized carbons (Fsp3) is 0.240. The van der Waals surface area contributed by atoms with Gasteiger partial charge in [-0.25, -0.2) is 4.79 Å². The number of hydrogen-bond acceptors (Lipinski definition) is 4. The van der Waals surface area contributed by atoms with Crippen LogP contribution in [0.15, 0.2) is 66.9 Å². The molecule has 0 aliphatic rings. The zero-order valence-corrected chi connectivity index (χ0v) is 16.9. The molecular weight excluding hydrogens is 362 g/mol. The molecule has 148 valence electrons. The van der Waals surface area contributed by atoms with Gasteiger partial charge in [-0.2, -0.15) is 0 Å². The minimum atomic E-state index is -0.439. The van der Waals surface area contributed by atoms with Gasteiger partial charge in [-0.05, 0) is 67.8 Å². The molecule has 1 heterocycles. The molecule has 0 bridgehead atoms. The molecule has 0 amide bonds. The van der Waals surface area contributed by atoms with Crippen LogP contribution in [0.5, 0.6) is 5.75 Å². The predicted molar refractivity (Wildman–Crippen MR) is 114 cm³/mol. The summed E-state index contributed by atoms with van der Waals surface area (Å²) in [5.41, 5.74) is 4.12. The molecule has 1 aromatic heterocycles. The minimum Gasteiger partial charge on any atom is -0.423 e. The molecule has 0 fully saturated rings. The Bertz CT molecular complexity index is 958. The van der Waals surface area contributed by atoms with E-state index in [2.05, 4.69) is 18.0 Å². The van der Waals surface area contributed by atoms with Crippen molar-refractivity contribution in [1.29, 1.82) is 0 Å². The zero-order chi connectivity index (χ0) is 20.6. The zero-order valence-electron chi connectivity index (χ0n) is 16.9. The first-order valence-electron chi connectivity index (χ1n) is 9.95. The smallest absolute Gasteiger partial charge is 0.343 e. The Hall–Kier alpha value is -3.27. The average molecular weight is 387 g/mol. The third-order valence-electron chi connectivity index (χ3n) is 4.78. The first kappa shape index (κ1) is 20.5. The number of nitrogens with zero attached hydrogens (tertiary/aromatic N) is 1. The minimum absolute atomic E-state index is 0.0268. The highest BCUT2D eigenvalue weighted by Crippen LogP contribution is 2.20. The van der Waals surface area contributed by atoms with Crippen molar-refractivity contribution in [2.75, 3.05) is 0 Å². The second kappa shape index (κ2) is 9.78. The average Bonchev–Trinajstić information content (AvgIpc) is 2.75. The Morgan fingerprint density at radius 3 is 2.14 bits per heavy atom. The molecule has 0 aliphatic heterocycles. The maximum absolute atomic E-state index is 12.3. The predicted octanol–water partition coefficient (Wildman–Crippen LogP) is 5.90. The summed E-state index contributed by atoms with van der Waals surface area (Å²) in [6, 6.07) is 17.9. The van der Waals surface area contributed by atoms with Crippen LogP contribution in [0.25, 0.3) is 11.3 Å². The van der Waals surface area contributed by atoms with Crippen LogP contribution < -0.4 is 4.74 Å². The standard InChI is InChI=1S/C25H25NO3/c1-3-4-5-6-19-7-16-24(26-17-19)21-8-10-22(11-9-21)25(28)29-23-14-12-20(13-15-23)18(2)27/h7-17H,3-6H2,1-2H3. The Morgan fingerprint density at radius 1 is 0.862 bits per heavy atom. The molecule has 4 nitrogen and oxygen atoms in total. The summed E-state index contributed by atoms with van der Waals surface area (Å²) in [6.07, 6.45) is 6.62. The van der Waals surface area contributed by atoms with Crippen LogP contribution >= 0.6 is 0 Å². The first-order chi connectivity index (χ1) is 14.1. The Labute approximate surface area is 171 Å². The molecule has 29 heavy (non-hydrogen) atoms. The summed E-state index contributed by atoms with van der Waals surface area (Å²) < 4.78 is 5.38. The molecule has 3 rings (SSSR count). The molecule has 0 unspecified atom stereocenters.